The molecule has 2 unspecified atom stereocenters. The van der Waals surface area contributed by atoms with Crippen molar-refractivity contribution in [1.82, 2.24) is 10.2 Å². The SMILES string of the molecule is [C-]#[N+]C1=C(C)N=C(C)C(C#N)C1c1ccc2[nH]nc(C(=O)O)c2c1. The zero-order valence-corrected chi connectivity index (χ0v) is 13.0. The third-order valence-corrected chi connectivity index (χ3v) is 4.20. The molecular weight excluding hydrogens is 306 g/mol. The highest BCUT2D eigenvalue weighted by Gasteiger charge is 2.34. The molecule has 0 saturated carbocycles. The van der Waals surface area contributed by atoms with E-state index in [1.165, 1.54) is 0 Å². The number of aromatic nitrogens is 2. The maximum absolute atomic E-state index is 11.3. The minimum atomic E-state index is -1.13. The van der Waals surface area contributed by atoms with Crippen LogP contribution in [0.1, 0.15) is 35.8 Å². The fraction of sp³-hybridized carbons (Fsp3) is 0.235. The second-order valence-corrected chi connectivity index (χ2v) is 5.60. The van der Waals surface area contributed by atoms with Crippen molar-refractivity contribution < 1.29 is 9.90 Å². The first-order valence-electron chi connectivity index (χ1n) is 7.22. The molecule has 0 amide bonds. The maximum Gasteiger partial charge on any atom is 0.357 e. The van der Waals surface area contributed by atoms with Gasteiger partial charge in [0, 0.05) is 22.7 Å². The van der Waals surface area contributed by atoms with Crippen LogP contribution in [-0.4, -0.2) is 27.0 Å². The van der Waals surface area contributed by atoms with E-state index in [2.05, 4.69) is 26.1 Å². The van der Waals surface area contributed by atoms with Gasteiger partial charge in [0.15, 0.2) is 11.4 Å². The first-order chi connectivity index (χ1) is 11.5. The summed E-state index contributed by atoms with van der Waals surface area (Å²) in [6, 6.07) is 7.42. The monoisotopic (exact) mass is 319 g/mol. The third kappa shape index (κ3) is 2.24. The molecule has 1 aliphatic rings. The normalized spacial score (nSPS) is 20.4. The number of fused-ring (bicyclic) bond motifs is 1. The largest absolute Gasteiger partial charge is 0.476 e. The zero-order valence-electron chi connectivity index (χ0n) is 13.0. The highest BCUT2D eigenvalue weighted by Crippen LogP contribution is 2.40. The van der Waals surface area contributed by atoms with Gasteiger partial charge in [0.2, 0.25) is 0 Å². The topological polar surface area (TPSA) is 106 Å². The molecule has 3 rings (SSSR count). The molecule has 0 bridgehead atoms. The van der Waals surface area contributed by atoms with E-state index in [9.17, 15) is 15.2 Å². The molecule has 2 aromatic rings. The molecule has 2 atom stereocenters. The second kappa shape index (κ2) is 5.64. The summed E-state index contributed by atoms with van der Waals surface area (Å²) in [5.41, 5.74) is 2.87. The van der Waals surface area contributed by atoms with Gasteiger partial charge in [-0.05, 0) is 31.5 Å². The molecular formula is C17H13N5O2. The second-order valence-electron chi connectivity index (χ2n) is 5.60. The molecule has 7 nitrogen and oxygen atoms in total. The lowest BCUT2D eigenvalue weighted by Crippen LogP contribution is -2.24. The highest BCUT2D eigenvalue weighted by molar-refractivity contribution is 6.01. The Labute approximate surface area is 137 Å². The van der Waals surface area contributed by atoms with E-state index in [1.54, 1.807) is 32.0 Å². The van der Waals surface area contributed by atoms with Crippen molar-refractivity contribution >= 4 is 22.6 Å². The molecule has 1 aromatic heterocycles. The van der Waals surface area contributed by atoms with Gasteiger partial charge in [-0.25, -0.2) is 9.64 Å². The Kier molecular flexibility index (Phi) is 3.63. The van der Waals surface area contributed by atoms with Gasteiger partial charge in [-0.2, -0.15) is 10.4 Å². The molecule has 7 heteroatoms. The van der Waals surface area contributed by atoms with E-state index in [-0.39, 0.29) is 5.69 Å². The molecule has 0 saturated heterocycles. The summed E-state index contributed by atoms with van der Waals surface area (Å²) in [4.78, 5) is 19.2. The molecule has 0 aliphatic carbocycles. The van der Waals surface area contributed by atoms with Crippen LogP contribution in [-0.2, 0) is 0 Å². The lowest BCUT2D eigenvalue weighted by atomic mass is 9.79. The van der Waals surface area contributed by atoms with Crippen LogP contribution >= 0.6 is 0 Å². The molecule has 2 heterocycles. The number of rotatable bonds is 2. The number of allylic oxidation sites excluding steroid dienone is 2. The minimum Gasteiger partial charge on any atom is -0.476 e. The van der Waals surface area contributed by atoms with Gasteiger partial charge in [-0.15, -0.1) is 0 Å². The fourth-order valence-corrected chi connectivity index (χ4v) is 3.07. The van der Waals surface area contributed by atoms with Gasteiger partial charge in [0.05, 0.1) is 24.1 Å². The standard InChI is InChI=1S/C17H13N5O2/c1-8-12(7-18)14(15(19-3)9(2)20-8)10-4-5-13-11(6-10)16(17(23)24)22-21-13/h4-6,12,14H,1-2H3,(H,21,22)(H,23,24). The average Bonchev–Trinajstić information content (AvgIpc) is 2.97. The van der Waals surface area contributed by atoms with Crippen molar-refractivity contribution in [3.05, 3.63) is 52.3 Å². The van der Waals surface area contributed by atoms with Crippen molar-refractivity contribution in [2.45, 2.75) is 19.8 Å². The Hall–Kier alpha value is -3.45. The van der Waals surface area contributed by atoms with Crippen molar-refractivity contribution in [3.8, 4) is 6.07 Å². The highest BCUT2D eigenvalue weighted by atomic mass is 16.4. The molecule has 0 fully saturated rings. The van der Waals surface area contributed by atoms with E-state index in [0.29, 0.717) is 33.6 Å². The molecule has 0 radical (unpaired) electrons. The van der Waals surface area contributed by atoms with Gasteiger partial charge in [0.1, 0.15) is 0 Å². The lowest BCUT2D eigenvalue weighted by molar-refractivity contribution is 0.0692. The molecule has 1 aliphatic heterocycles. The van der Waals surface area contributed by atoms with Crippen LogP contribution in [0.25, 0.3) is 15.7 Å². The summed E-state index contributed by atoms with van der Waals surface area (Å²) in [7, 11) is 0. The number of carboxylic acid groups (broad SMARTS) is 1. The van der Waals surface area contributed by atoms with Crippen molar-refractivity contribution in [3.63, 3.8) is 0 Å². The van der Waals surface area contributed by atoms with Crippen LogP contribution in [0.4, 0.5) is 0 Å². The number of benzene rings is 1. The predicted molar refractivity (Wildman–Crippen MR) is 87.3 cm³/mol. The number of H-pyrrole nitrogens is 1. The van der Waals surface area contributed by atoms with Crippen LogP contribution in [0.5, 0.6) is 0 Å². The number of hydrogen-bond acceptors (Lipinski definition) is 4. The lowest BCUT2D eigenvalue weighted by Gasteiger charge is -2.26. The summed E-state index contributed by atoms with van der Waals surface area (Å²) in [5, 5.41) is 25.7. The number of nitrogens with one attached hydrogen (secondary N) is 1. The number of carbonyl (C=O) groups is 1. The van der Waals surface area contributed by atoms with Crippen LogP contribution in [0.15, 0.2) is 34.6 Å². The van der Waals surface area contributed by atoms with Crippen LogP contribution < -0.4 is 0 Å². The number of nitrogens with zero attached hydrogens (tertiary/aromatic N) is 4. The number of aromatic amines is 1. The van der Waals surface area contributed by atoms with Gasteiger partial charge in [-0.3, -0.25) is 10.1 Å². The third-order valence-electron chi connectivity index (χ3n) is 4.20. The quantitative estimate of drug-likeness (QED) is 0.829. The first kappa shape index (κ1) is 15.4. The number of aliphatic imine (C=N–C) groups is 1. The van der Waals surface area contributed by atoms with Crippen LogP contribution in [0, 0.1) is 23.8 Å². The summed E-state index contributed by atoms with van der Waals surface area (Å²) < 4.78 is 0. The Balaban J connectivity index is 2.23. The summed E-state index contributed by atoms with van der Waals surface area (Å²) in [6.45, 7) is 11.0. The fourth-order valence-electron chi connectivity index (χ4n) is 3.07. The minimum absolute atomic E-state index is 0.0772. The summed E-state index contributed by atoms with van der Waals surface area (Å²) >= 11 is 0. The Morgan fingerprint density at radius 1 is 1.46 bits per heavy atom. The van der Waals surface area contributed by atoms with Crippen molar-refractivity contribution in [1.29, 1.82) is 5.26 Å². The molecule has 1 aromatic carbocycles. The number of nitriles is 1. The van der Waals surface area contributed by atoms with E-state index in [4.69, 9.17) is 6.57 Å². The van der Waals surface area contributed by atoms with E-state index in [0.717, 1.165) is 0 Å². The van der Waals surface area contributed by atoms with Crippen LogP contribution in [0.3, 0.4) is 0 Å². The smallest absolute Gasteiger partial charge is 0.357 e. The number of carboxylic acids is 1. The van der Waals surface area contributed by atoms with E-state index < -0.39 is 17.8 Å². The average molecular weight is 319 g/mol. The van der Waals surface area contributed by atoms with Crippen LogP contribution in [0.2, 0.25) is 0 Å². The summed E-state index contributed by atoms with van der Waals surface area (Å²) in [6.07, 6.45) is 0. The number of hydrogen-bond donors (Lipinski definition) is 2. The Morgan fingerprint density at radius 3 is 2.83 bits per heavy atom. The molecule has 2 N–H and O–H groups in total. The number of aromatic carboxylic acids is 1. The van der Waals surface area contributed by atoms with Crippen molar-refractivity contribution in [2.24, 2.45) is 10.9 Å². The maximum atomic E-state index is 11.3. The predicted octanol–water partition coefficient (Wildman–Crippen LogP) is 3.11. The van der Waals surface area contributed by atoms with E-state index >= 15 is 0 Å². The Bertz CT molecular complexity index is 1000. The Morgan fingerprint density at radius 2 is 2.21 bits per heavy atom. The first-order valence-corrected chi connectivity index (χ1v) is 7.22. The molecule has 0 spiro atoms. The summed E-state index contributed by atoms with van der Waals surface area (Å²) in [5.74, 6) is -2.16. The van der Waals surface area contributed by atoms with Gasteiger partial charge in [0.25, 0.3) is 0 Å². The van der Waals surface area contributed by atoms with Gasteiger partial charge < -0.3 is 5.11 Å². The molecule has 24 heavy (non-hydrogen) atoms. The van der Waals surface area contributed by atoms with Crippen molar-refractivity contribution in [2.75, 3.05) is 0 Å². The molecule has 118 valence electrons. The zero-order chi connectivity index (χ0) is 17.4. The van der Waals surface area contributed by atoms with Gasteiger partial charge >= 0.3 is 5.97 Å². The van der Waals surface area contributed by atoms with Gasteiger partial charge in [-0.1, -0.05) is 6.07 Å². The van der Waals surface area contributed by atoms with E-state index in [1.807, 2.05) is 0 Å².